The number of aryl methyl sites for hydroxylation is 1. The Hall–Kier alpha value is -1.26. The first kappa shape index (κ1) is 12.2. The highest BCUT2D eigenvalue weighted by atomic mass is 35.5. The van der Waals surface area contributed by atoms with Gasteiger partial charge in [-0.05, 0) is 18.6 Å². The van der Waals surface area contributed by atoms with E-state index in [0.29, 0.717) is 11.6 Å². The minimum Gasteiger partial charge on any atom is -0.495 e. The number of nitrogens with one attached hydrogen (secondary N) is 1. The van der Waals surface area contributed by atoms with Gasteiger partial charge in [0, 0.05) is 16.5 Å². The standard InChI is InChI=1S/C12H13ClN2OS/c1-8-3-11(12(16-2)4-10(8)13)14-5-9-6-17-7-15-9/h3-4,6-7,14H,5H2,1-2H3. The largest absolute Gasteiger partial charge is 0.495 e. The van der Waals surface area contributed by atoms with Crippen molar-refractivity contribution in [3.8, 4) is 5.75 Å². The van der Waals surface area contributed by atoms with Crippen LogP contribution in [0.1, 0.15) is 11.3 Å². The Bertz CT molecular complexity index is 499. The molecule has 0 amide bonds. The lowest BCUT2D eigenvalue weighted by atomic mass is 10.2. The van der Waals surface area contributed by atoms with Crippen molar-refractivity contribution in [2.45, 2.75) is 13.5 Å². The average Bonchev–Trinajstić information content (AvgIpc) is 2.83. The van der Waals surface area contributed by atoms with Gasteiger partial charge in [0.2, 0.25) is 0 Å². The number of halogens is 1. The third kappa shape index (κ3) is 2.90. The molecule has 3 nitrogen and oxygen atoms in total. The summed E-state index contributed by atoms with van der Waals surface area (Å²) in [6.45, 7) is 2.65. The summed E-state index contributed by atoms with van der Waals surface area (Å²) in [5.74, 6) is 0.746. The highest BCUT2D eigenvalue weighted by Crippen LogP contribution is 2.31. The summed E-state index contributed by atoms with van der Waals surface area (Å²) in [7, 11) is 1.63. The van der Waals surface area contributed by atoms with Crippen molar-refractivity contribution in [1.82, 2.24) is 4.98 Å². The van der Waals surface area contributed by atoms with Gasteiger partial charge < -0.3 is 10.1 Å². The maximum Gasteiger partial charge on any atom is 0.143 e. The molecule has 0 aliphatic carbocycles. The van der Waals surface area contributed by atoms with E-state index in [9.17, 15) is 0 Å². The van der Waals surface area contributed by atoms with Crippen LogP contribution < -0.4 is 10.1 Å². The molecule has 0 bridgehead atoms. The molecule has 2 rings (SSSR count). The summed E-state index contributed by atoms with van der Waals surface area (Å²) in [5.41, 5.74) is 4.79. The molecule has 0 saturated carbocycles. The van der Waals surface area contributed by atoms with Gasteiger partial charge in [0.05, 0.1) is 30.5 Å². The monoisotopic (exact) mass is 268 g/mol. The molecule has 0 aliphatic rings. The van der Waals surface area contributed by atoms with Crippen LogP contribution in [0.3, 0.4) is 0 Å². The maximum atomic E-state index is 6.05. The van der Waals surface area contributed by atoms with Gasteiger partial charge >= 0.3 is 0 Å². The number of benzene rings is 1. The fourth-order valence-electron chi connectivity index (χ4n) is 1.48. The Labute approximate surface area is 109 Å². The number of aromatic nitrogens is 1. The van der Waals surface area contributed by atoms with Gasteiger partial charge in [0.25, 0.3) is 0 Å². The molecule has 90 valence electrons. The van der Waals surface area contributed by atoms with Crippen molar-refractivity contribution in [2.24, 2.45) is 0 Å². The van der Waals surface area contributed by atoms with E-state index in [-0.39, 0.29) is 0 Å². The molecule has 0 aliphatic heterocycles. The Morgan fingerprint density at radius 1 is 1.47 bits per heavy atom. The van der Waals surface area contributed by atoms with Gasteiger partial charge in [-0.3, -0.25) is 0 Å². The number of anilines is 1. The molecule has 1 N–H and O–H groups in total. The summed E-state index contributed by atoms with van der Waals surface area (Å²) in [6.07, 6.45) is 0. The van der Waals surface area contributed by atoms with Crippen LogP contribution in [-0.4, -0.2) is 12.1 Å². The van der Waals surface area contributed by atoms with Crippen molar-refractivity contribution in [3.63, 3.8) is 0 Å². The minimum atomic E-state index is 0.681. The van der Waals surface area contributed by atoms with Crippen molar-refractivity contribution < 1.29 is 4.74 Å². The third-order valence-electron chi connectivity index (χ3n) is 2.42. The van der Waals surface area contributed by atoms with E-state index >= 15 is 0 Å². The predicted molar refractivity (Wildman–Crippen MR) is 72.2 cm³/mol. The second kappa shape index (κ2) is 5.38. The molecule has 2 aromatic rings. The van der Waals surface area contributed by atoms with Gasteiger partial charge in [-0.2, -0.15) is 0 Å². The Morgan fingerprint density at radius 3 is 2.94 bits per heavy atom. The van der Waals surface area contributed by atoms with E-state index in [1.54, 1.807) is 18.4 Å². The lowest BCUT2D eigenvalue weighted by Gasteiger charge is -2.12. The molecule has 1 aromatic carbocycles. The second-order valence-corrected chi connectivity index (χ2v) is 4.76. The van der Waals surface area contributed by atoms with Gasteiger partial charge in [-0.15, -0.1) is 11.3 Å². The van der Waals surface area contributed by atoms with E-state index in [4.69, 9.17) is 16.3 Å². The molecular formula is C12H13ClN2OS. The first-order valence-corrected chi connectivity index (χ1v) is 6.48. The number of nitrogens with zero attached hydrogens (tertiary/aromatic N) is 1. The number of hydrogen-bond donors (Lipinski definition) is 1. The topological polar surface area (TPSA) is 34.1 Å². The van der Waals surface area contributed by atoms with Crippen LogP contribution in [-0.2, 0) is 6.54 Å². The lowest BCUT2D eigenvalue weighted by Crippen LogP contribution is -2.02. The van der Waals surface area contributed by atoms with Gasteiger partial charge in [0.1, 0.15) is 5.75 Å². The number of thiazole rings is 1. The number of rotatable bonds is 4. The molecule has 0 fully saturated rings. The molecule has 5 heteroatoms. The molecular weight excluding hydrogens is 256 g/mol. The van der Waals surface area contributed by atoms with Crippen LogP contribution >= 0.6 is 22.9 Å². The van der Waals surface area contributed by atoms with Gasteiger partial charge in [0.15, 0.2) is 0 Å². The first-order chi connectivity index (χ1) is 8.20. The molecule has 0 atom stereocenters. The zero-order valence-electron chi connectivity index (χ0n) is 9.66. The fourth-order valence-corrected chi connectivity index (χ4v) is 2.19. The highest BCUT2D eigenvalue weighted by molar-refractivity contribution is 7.07. The minimum absolute atomic E-state index is 0.681. The zero-order chi connectivity index (χ0) is 12.3. The maximum absolute atomic E-state index is 6.05. The van der Waals surface area contributed by atoms with Crippen molar-refractivity contribution in [2.75, 3.05) is 12.4 Å². The van der Waals surface area contributed by atoms with Gasteiger partial charge in [-0.25, -0.2) is 4.98 Å². The average molecular weight is 269 g/mol. The number of hydrogen-bond acceptors (Lipinski definition) is 4. The van der Waals surface area contributed by atoms with E-state index in [0.717, 1.165) is 22.7 Å². The highest BCUT2D eigenvalue weighted by Gasteiger charge is 2.07. The smallest absolute Gasteiger partial charge is 0.143 e. The Morgan fingerprint density at radius 2 is 2.29 bits per heavy atom. The molecule has 17 heavy (non-hydrogen) atoms. The molecule has 0 unspecified atom stereocenters. The third-order valence-corrected chi connectivity index (χ3v) is 3.47. The van der Waals surface area contributed by atoms with Crippen molar-refractivity contribution in [1.29, 1.82) is 0 Å². The van der Waals surface area contributed by atoms with E-state index in [2.05, 4.69) is 10.3 Å². The van der Waals surface area contributed by atoms with Gasteiger partial charge in [-0.1, -0.05) is 11.6 Å². The summed E-state index contributed by atoms with van der Waals surface area (Å²) >= 11 is 7.63. The molecule has 0 radical (unpaired) electrons. The number of ether oxygens (including phenoxy) is 1. The predicted octanol–water partition coefficient (Wildman–Crippen LogP) is 3.73. The molecule has 0 spiro atoms. The number of methoxy groups -OCH3 is 1. The summed E-state index contributed by atoms with van der Waals surface area (Å²) in [5, 5.41) is 6.02. The SMILES string of the molecule is COc1cc(Cl)c(C)cc1NCc1cscn1. The zero-order valence-corrected chi connectivity index (χ0v) is 11.2. The molecule has 0 saturated heterocycles. The molecule has 1 aromatic heterocycles. The fraction of sp³-hybridized carbons (Fsp3) is 0.250. The van der Waals surface area contributed by atoms with Crippen LogP contribution in [0.4, 0.5) is 5.69 Å². The Balaban J connectivity index is 2.17. The normalized spacial score (nSPS) is 10.3. The Kier molecular flexibility index (Phi) is 3.86. The van der Waals surface area contributed by atoms with Crippen LogP contribution in [0.5, 0.6) is 5.75 Å². The summed E-state index contributed by atoms with van der Waals surface area (Å²) in [4.78, 5) is 4.22. The van der Waals surface area contributed by atoms with E-state index in [1.165, 1.54) is 0 Å². The lowest BCUT2D eigenvalue weighted by molar-refractivity contribution is 0.416. The molecule has 1 heterocycles. The van der Waals surface area contributed by atoms with Crippen LogP contribution in [0, 0.1) is 6.92 Å². The first-order valence-electron chi connectivity index (χ1n) is 5.16. The second-order valence-electron chi connectivity index (χ2n) is 3.64. The van der Waals surface area contributed by atoms with Crippen LogP contribution in [0.2, 0.25) is 5.02 Å². The van der Waals surface area contributed by atoms with Crippen molar-refractivity contribution in [3.05, 3.63) is 39.3 Å². The van der Waals surface area contributed by atoms with Crippen LogP contribution in [0.25, 0.3) is 0 Å². The quantitative estimate of drug-likeness (QED) is 0.918. The van der Waals surface area contributed by atoms with Crippen molar-refractivity contribution >= 4 is 28.6 Å². The van der Waals surface area contributed by atoms with E-state index in [1.807, 2.05) is 29.9 Å². The summed E-state index contributed by atoms with van der Waals surface area (Å²) < 4.78 is 5.29. The van der Waals surface area contributed by atoms with E-state index < -0.39 is 0 Å². The summed E-state index contributed by atoms with van der Waals surface area (Å²) in [6, 6.07) is 3.80. The van der Waals surface area contributed by atoms with Crippen LogP contribution in [0.15, 0.2) is 23.0 Å².